The van der Waals surface area contributed by atoms with Crippen LogP contribution >= 0.6 is 0 Å². The van der Waals surface area contributed by atoms with Gasteiger partial charge in [0, 0.05) is 38.5 Å². The Morgan fingerprint density at radius 2 is 2.20 bits per heavy atom. The molecule has 2 N–H and O–H groups in total. The summed E-state index contributed by atoms with van der Waals surface area (Å²) in [6.45, 7) is 6.54. The number of aliphatic hydroxyl groups excluding tert-OH is 1. The Balaban J connectivity index is 1.62. The van der Waals surface area contributed by atoms with Gasteiger partial charge >= 0.3 is 0 Å². The van der Waals surface area contributed by atoms with Gasteiger partial charge in [-0.2, -0.15) is 5.10 Å². The van der Waals surface area contributed by atoms with Crippen LogP contribution in [0, 0.1) is 0 Å². The number of carbonyl (C=O) groups is 1. The summed E-state index contributed by atoms with van der Waals surface area (Å²) in [5.41, 5.74) is 1.79. The molecule has 1 amide bonds. The van der Waals surface area contributed by atoms with Crippen LogP contribution in [-0.4, -0.2) is 63.3 Å². The van der Waals surface area contributed by atoms with Gasteiger partial charge < -0.3 is 14.4 Å². The minimum atomic E-state index is -0.570. The number of hydrogen-bond acceptors (Lipinski definition) is 5. The monoisotopic (exact) mass is 344 g/mol. The molecule has 25 heavy (non-hydrogen) atoms. The SMILES string of the molecule is CC(C)=CC(=O)N1CCN(Cc2ccc(-c3ccn[nH]3)o2)C[C@@H](O)C1. The summed E-state index contributed by atoms with van der Waals surface area (Å²) in [7, 11) is 0. The molecular formula is C18H24N4O3. The fourth-order valence-corrected chi connectivity index (χ4v) is 2.96. The molecule has 1 saturated heterocycles. The highest BCUT2D eigenvalue weighted by Gasteiger charge is 2.24. The number of rotatable bonds is 4. The molecule has 3 rings (SSSR count). The van der Waals surface area contributed by atoms with E-state index in [0.717, 1.165) is 22.8 Å². The number of H-pyrrole nitrogens is 1. The third-order valence-corrected chi connectivity index (χ3v) is 4.12. The topological polar surface area (TPSA) is 85.6 Å². The number of nitrogens with one attached hydrogen (secondary N) is 1. The van der Waals surface area contributed by atoms with Crippen LogP contribution < -0.4 is 0 Å². The van der Waals surface area contributed by atoms with E-state index in [1.165, 1.54) is 0 Å². The van der Waals surface area contributed by atoms with Gasteiger partial charge in [-0.05, 0) is 32.0 Å². The van der Waals surface area contributed by atoms with E-state index in [1.54, 1.807) is 17.2 Å². The van der Waals surface area contributed by atoms with Crippen LogP contribution in [0.2, 0.25) is 0 Å². The van der Waals surface area contributed by atoms with Crippen molar-refractivity contribution in [2.75, 3.05) is 26.2 Å². The van der Waals surface area contributed by atoms with Gasteiger partial charge in [0.15, 0.2) is 5.76 Å². The van der Waals surface area contributed by atoms with E-state index < -0.39 is 6.10 Å². The van der Waals surface area contributed by atoms with Crippen molar-refractivity contribution in [3.05, 3.63) is 41.8 Å². The van der Waals surface area contributed by atoms with Crippen molar-refractivity contribution >= 4 is 5.91 Å². The van der Waals surface area contributed by atoms with Crippen molar-refractivity contribution in [3.63, 3.8) is 0 Å². The summed E-state index contributed by atoms with van der Waals surface area (Å²) >= 11 is 0. The Morgan fingerprint density at radius 3 is 2.92 bits per heavy atom. The molecule has 3 heterocycles. The van der Waals surface area contributed by atoms with Gasteiger partial charge in [-0.1, -0.05) is 5.57 Å². The number of amides is 1. The molecule has 1 fully saturated rings. The number of hydrogen-bond donors (Lipinski definition) is 2. The zero-order valence-corrected chi connectivity index (χ0v) is 14.6. The predicted molar refractivity (Wildman–Crippen MR) is 93.6 cm³/mol. The van der Waals surface area contributed by atoms with E-state index >= 15 is 0 Å². The van der Waals surface area contributed by atoms with Crippen LogP contribution in [0.25, 0.3) is 11.5 Å². The summed E-state index contributed by atoms with van der Waals surface area (Å²) in [4.78, 5) is 16.0. The first-order chi connectivity index (χ1) is 12.0. The number of aliphatic hydroxyl groups is 1. The Bertz CT molecular complexity index is 731. The van der Waals surface area contributed by atoms with Crippen molar-refractivity contribution in [1.29, 1.82) is 0 Å². The van der Waals surface area contributed by atoms with E-state index in [0.29, 0.717) is 32.7 Å². The Labute approximate surface area is 146 Å². The number of carbonyl (C=O) groups excluding carboxylic acids is 1. The van der Waals surface area contributed by atoms with Crippen LogP contribution in [0.1, 0.15) is 19.6 Å². The Morgan fingerprint density at radius 1 is 1.36 bits per heavy atom. The lowest BCUT2D eigenvalue weighted by molar-refractivity contribution is -0.126. The lowest BCUT2D eigenvalue weighted by Gasteiger charge is -2.20. The molecule has 134 valence electrons. The molecule has 0 aliphatic carbocycles. The average Bonchev–Trinajstić information content (AvgIpc) is 3.17. The molecule has 2 aromatic rings. The molecule has 1 aliphatic rings. The van der Waals surface area contributed by atoms with Crippen LogP contribution in [0.15, 0.2) is 40.5 Å². The summed E-state index contributed by atoms with van der Waals surface area (Å²) in [5.74, 6) is 1.52. The van der Waals surface area contributed by atoms with Crippen molar-refractivity contribution < 1.29 is 14.3 Å². The zero-order valence-electron chi connectivity index (χ0n) is 14.6. The van der Waals surface area contributed by atoms with Crippen LogP contribution in [0.3, 0.4) is 0 Å². The largest absolute Gasteiger partial charge is 0.458 e. The molecule has 7 heteroatoms. The Kier molecular flexibility index (Phi) is 5.35. The number of β-amino-alcohol motifs (C(OH)–C–C–N with tert-alkyl or cyclic N) is 1. The van der Waals surface area contributed by atoms with E-state index in [9.17, 15) is 9.90 Å². The standard InChI is InChI=1S/C18H24N4O3/c1-13(2)9-18(24)22-8-7-21(10-14(23)11-22)12-15-3-4-17(25-15)16-5-6-19-20-16/h3-6,9,14,23H,7-8,10-12H2,1-2H3,(H,19,20)/t14-/m1/s1. The van der Waals surface area contributed by atoms with Gasteiger partial charge in [0.05, 0.1) is 12.6 Å². The molecule has 0 bridgehead atoms. The normalized spacial score (nSPS) is 18.8. The van der Waals surface area contributed by atoms with Crippen LogP contribution in [-0.2, 0) is 11.3 Å². The number of allylic oxidation sites excluding steroid dienone is 1. The summed E-state index contributed by atoms with van der Waals surface area (Å²) in [5, 5.41) is 17.0. The minimum Gasteiger partial charge on any atom is -0.458 e. The molecule has 1 atom stereocenters. The number of nitrogens with zero attached hydrogens (tertiary/aromatic N) is 3. The third-order valence-electron chi connectivity index (χ3n) is 4.12. The highest BCUT2D eigenvalue weighted by atomic mass is 16.3. The molecule has 2 aromatic heterocycles. The maximum absolute atomic E-state index is 12.2. The maximum Gasteiger partial charge on any atom is 0.246 e. The molecular weight excluding hydrogens is 320 g/mol. The minimum absolute atomic E-state index is 0.0413. The zero-order chi connectivity index (χ0) is 17.8. The predicted octanol–water partition coefficient (Wildman–Crippen LogP) is 1.64. The van der Waals surface area contributed by atoms with Gasteiger partial charge in [-0.3, -0.25) is 14.8 Å². The number of furan rings is 1. The first-order valence-corrected chi connectivity index (χ1v) is 8.44. The van der Waals surface area contributed by atoms with Crippen molar-refractivity contribution in [3.8, 4) is 11.5 Å². The smallest absolute Gasteiger partial charge is 0.246 e. The van der Waals surface area contributed by atoms with Crippen LogP contribution in [0.4, 0.5) is 0 Å². The Hall–Kier alpha value is -2.38. The fourth-order valence-electron chi connectivity index (χ4n) is 2.96. The van der Waals surface area contributed by atoms with E-state index in [-0.39, 0.29) is 5.91 Å². The number of aromatic nitrogens is 2. The first-order valence-electron chi connectivity index (χ1n) is 8.44. The lowest BCUT2D eigenvalue weighted by Crippen LogP contribution is -2.36. The fraction of sp³-hybridized carbons (Fsp3) is 0.444. The van der Waals surface area contributed by atoms with Gasteiger partial charge in [0.25, 0.3) is 0 Å². The van der Waals surface area contributed by atoms with E-state index in [1.807, 2.05) is 32.0 Å². The molecule has 0 unspecified atom stereocenters. The number of aromatic amines is 1. The van der Waals surface area contributed by atoms with Crippen molar-refractivity contribution in [1.82, 2.24) is 20.0 Å². The first kappa shape index (κ1) is 17.4. The molecule has 0 radical (unpaired) electrons. The van der Waals surface area contributed by atoms with Crippen LogP contribution in [0.5, 0.6) is 0 Å². The highest BCUT2D eigenvalue weighted by Crippen LogP contribution is 2.21. The molecule has 0 aromatic carbocycles. The van der Waals surface area contributed by atoms with Crippen molar-refractivity contribution in [2.45, 2.75) is 26.5 Å². The molecule has 0 spiro atoms. The highest BCUT2D eigenvalue weighted by molar-refractivity contribution is 5.88. The lowest BCUT2D eigenvalue weighted by atomic mass is 10.2. The van der Waals surface area contributed by atoms with Gasteiger partial charge in [0.1, 0.15) is 11.5 Å². The summed E-state index contributed by atoms with van der Waals surface area (Å²) in [6.07, 6.45) is 2.73. The quantitative estimate of drug-likeness (QED) is 0.824. The second kappa shape index (κ2) is 7.67. The van der Waals surface area contributed by atoms with Crippen molar-refractivity contribution in [2.24, 2.45) is 0 Å². The second-order valence-corrected chi connectivity index (χ2v) is 6.63. The summed E-state index contributed by atoms with van der Waals surface area (Å²) in [6, 6.07) is 5.69. The van der Waals surface area contributed by atoms with Gasteiger partial charge in [0.2, 0.25) is 5.91 Å². The second-order valence-electron chi connectivity index (χ2n) is 6.63. The molecule has 1 aliphatic heterocycles. The van der Waals surface area contributed by atoms with Gasteiger partial charge in [-0.15, -0.1) is 0 Å². The molecule has 0 saturated carbocycles. The maximum atomic E-state index is 12.2. The average molecular weight is 344 g/mol. The van der Waals surface area contributed by atoms with Gasteiger partial charge in [-0.25, -0.2) is 0 Å². The van der Waals surface area contributed by atoms with E-state index in [2.05, 4.69) is 15.1 Å². The summed E-state index contributed by atoms with van der Waals surface area (Å²) < 4.78 is 5.85. The molecule has 7 nitrogen and oxygen atoms in total. The third kappa shape index (κ3) is 4.58. The van der Waals surface area contributed by atoms with E-state index in [4.69, 9.17) is 4.42 Å².